The van der Waals surface area contributed by atoms with Crippen molar-refractivity contribution in [3.63, 3.8) is 0 Å². The van der Waals surface area contributed by atoms with Gasteiger partial charge in [0.2, 0.25) is 5.91 Å². The lowest BCUT2D eigenvalue weighted by Crippen LogP contribution is -2.31. The molecule has 0 saturated carbocycles. The van der Waals surface area contributed by atoms with Gasteiger partial charge in [0.05, 0.1) is 11.4 Å². The summed E-state index contributed by atoms with van der Waals surface area (Å²) in [5.41, 5.74) is 1.06. The van der Waals surface area contributed by atoms with Gasteiger partial charge in [0.25, 0.3) is 5.91 Å². The van der Waals surface area contributed by atoms with Gasteiger partial charge in [-0.1, -0.05) is 41.3 Å². The van der Waals surface area contributed by atoms with Crippen LogP contribution in [0.25, 0.3) is 5.69 Å². The molecule has 0 aliphatic heterocycles. The average Bonchev–Trinajstić information content (AvgIpc) is 3.02. The Labute approximate surface area is 161 Å². The number of aromatic nitrogens is 2. The Bertz CT molecular complexity index is 984. The molecule has 0 atom stereocenters. The smallest absolute Gasteiger partial charge is 0.257 e. The number of nitrogens with zero attached hydrogens (tertiary/aromatic N) is 2. The third kappa shape index (κ3) is 4.63. The first kappa shape index (κ1) is 18.4. The fourth-order valence-electron chi connectivity index (χ4n) is 2.02. The van der Waals surface area contributed by atoms with E-state index in [0.717, 1.165) is 0 Å². The number of nitrogens with one attached hydrogen (secondary N) is 1. The molecule has 132 valence electrons. The zero-order valence-electron chi connectivity index (χ0n) is 13.2. The monoisotopic (exact) mass is 405 g/mol. The van der Waals surface area contributed by atoms with Crippen LogP contribution in [-0.4, -0.2) is 27.3 Å². The minimum atomic E-state index is -0.444. The van der Waals surface area contributed by atoms with Crippen LogP contribution in [0.1, 0.15) is 10.4 Å². The van der Waals surface area contributed by atoms with Gasteiger partial charge in [-0.15, -0.1) is 5.10 Å². The third-order valence-electron chi connectivity index (χ3n) is 3.22. The number of hydrogen-bond donors (Lipinski definition) is 1. The quantitative estimate of drug-likeness (QED) is 0.516. The van der Waals surface area contributed by atoms with Gasteiger partial charge in [-0.2, -0.15) is 0 Å². The average molecular weight is 406 g/mol. The van der Waals surface area contributed by atoms with Crippen molar-refractivity contribution in [3.05, 3.63) is 69.9 Å². The van der Waals surface area contributed by atoms with Crippen LogP contribution >= 0.6 is 35.3 Å². The molecule has 5 nitrogen and oxygen atoms in total. The maximum atomic E-state index is 13.0. The summed E-state index contributed by atoms with van der Waals surface area (Å²) in [4.78, 5) is 23.9. The standard InChI is InChI=1S/C17H12FN3O2S3/c18-12-6-8-13(9-7-12)21-17(24)26-16(20-21)25-10-14(22)19-15(23)11-4-2-1-3-5-11/h1-9H,10H2,(H,19,22,23). The molecule has 0 saturated heterocycles. The fraction of sp³-hybridized carbons (Fsp3) is 0.0588. The molecule has 2 amide bonds. The van der Waals surface area contributed by atoms with Crippen LogP contribution in [0.2, 0.25) is 0 Å². The van der Waals surface area contributed by atoms with E-state index in [0.29, 0.717) is 19.5 Å². The first-order chi connectivity index (χ1) is 12.5. The van der Waals surface area contributed by atoms with E-state index >= 15 is 0 Å². The highest BCUT2D eigenvalue weighted by Crippen LogP contribution is 2.24. The van der Waals surface area contributed by atoms with Gasteiger partial charge in [0.1, 0.15) is 5.82 Å². The van der Waals surface area contributed by atoms with E-state index in [1.165, 1.54) is 39.9 Å². The number of imide groups is 1. The summed E-state index contributed by atoms with van der Waals surface area (Å²) in [6.07, 6.45) is 0. The molecule has 0 spiro atoms. The maximum absolute atomic E-state index is 13.0. The van der Waals surface area contributed by atoms with E-state index in [2.05, 4.69) is 10.4 Å². The number of hydrogen-bond acceptors (Lipinski definition) is 6. The van der Waals surface area contributed by atoms with Crippen LogP contribution in [0.15, 0.2) is 58.9 Å². The van der Waals surface area contributed by atoms with E-state index in [-0.39, 0.29) is 11.6 Å². The molecule has 1 aromatic heterocycles. The van der Waals surface area contributed by atoms with Gasteiger partial charge in [0.15, 0.2) is 8.29 Å². The highest BCUT2D eigenvalue weighted by Gasteiger charge is 2.12. The lowest BCUT2D eigenvalue weighted by molar-refractivity contribution is -0.117. The molecule has 2 aromatic carbocycles. The molecule has 0 bridgehead atoms. The topological polar surface area (TPSA) is 64.0 Å². The highest BCUT2D eigenvalue weighted by atomic mass is 32.2. The molecule has 0 aliphatic rings. The molecule has 1 heterocycles. The van der Waals surface area contributed by atoms with E-state index in [1.54, 1.807) is 42.5 Å². The first-order valence-electron chi connectivity index (χ1n) is 7.41. The van der Waals surface area contributed by atoms with Crippen molar-refractivity contribution in [2.45, 2.75) is 4.34 Å². The van der Waals surface area contributed by atoms with Crippen LogP contribution in [0.3, 0.4) is 0 Å². The molecule has 1 N–H and O–H groups in total. The number of thioether (sulfide) groups is 1. The van der Waals surface area contributed by atoms with E-state index in [1.807, 2.05) is 0 Å². The van der Waals surface area contributed by atoms with Crippen LogP contribution in [0, 0.1) is 9.77 Å². The first-order valence-corrected chi connectivity index (χ1v) is 9.62. The molecular formula is C17H12FN3O2S3. The Kier molecular flexibility index (Phi) is 5.92. The Balaban J connectivity index is 1.61. The number of carbonyl (C=O) groups is 2. The Hall–Kier alpha value is -2.36. The summed E-state index contributed by atoms with van der Waals surface area (Å²) in [6.45, 7) is 0. The lowest BCUT2D eigenvalue weighted by atomic mass is 10.2. The molecule has 9 heteroatoms. The van der Waals surface area contributed by atoms with Crippen molar-refractivity contribution >= 4 is 47.1 Å². The summed E-state index contributed by atoms with van der Waals surface area (Å²) < 4.78 is 15.6. The summed E-state index contributed by atoms with van der Waals surface area (Å²) in [6, 6.07) is 14.3. The highest BCUT2D eigenvalue weighted by molar-refractivity contribution is 8.01. The molecular weight excluding hydrogens is 393 g/mol. The Morgan fingerprint density at radius 2 is 1.85 bits per heavy atom. The predicted molar refractivity (Wildman–Crippen MR) is 102 cm³/mol. The van der Waals surface area contributed by atoms with Gasteiger partial charge < -0.3 is 0 Å². The number of carbonyl (C=O) groups excluding carboxylic acids is 2. The van der Waals surface area contributed by atoms with Gasteiger partial charge in [-0.3, -0.25) is 14.9 Å². The fourth-order valence-corrected chi connectivity index (χ4v) is 4.18. The van der Waals surface area contributed by atoms with Gasteiger partial charge >= 0.3 is 0 Å². The second-order valence-electron chi connectivity index (χ2n) is 5.05. The second-order valence-corrected chi connectivity index (χ2v) is 7.90. The number of halogens is 1. The molecule has 3 rings (SSSR count). The summed E-state index contributed by atoms with van der Waals surface area (Å²) in [7, 11) is 0. The van der Waals surface area contributed by atoms with E-state index in [4.69, 9.17) is 12.2 Å². The Morgan fingerprint density at radius 1 is 1.15 bits per heavy atom. The van der Waals surface area contributed by atoms with Gasteiger partial charge in [-0.25, -0.2) is 9.07 Å². The largest absolute Gasteiger partial charge is 0.292 e. The number of rotatable bonds is 5. The summed E-state index contributed by atoms with van der Waals surface area (Å²) >= 11 is 7.68. The zero-order valence-corrected chi connectivity index (χ0v) is 15.7. The van der Waals surface area contributed by atoms with Crippen molar-refractivity contribution < 1.29 is 14.0 Å². The van der Waals surface area contributed by atoms with E-state index in [9.17, 15) is 14.0 Å². The molecule has 0 unspecified atom stereocenters. The SMILES string of the molecule is O=C(CSc1nn(-c2ccc(F)cc2)c(=S)s1)NC(=O)c1ccccc1. The van der Waals surface area contributed by atoms with Crippen molar-refractivity contribution in [2.24, 2.45) is 0 Å². The zero-order chi connectivity index (χ0) is 18.5. The molecule has 3 aromatic rings. The number of amides is 2. The van der Waals surface area contributed by atoms with Gasteiger partial charge in [-0.05, 0) is 48.6 Å². The van der Waals surface area contributed by atoms with Crippen molar-refractivity contribution in [1.29, 1.82) is 0 Å². The normalized spacial score (nSPS) is 10.5. The molecule has 0 fully saturated rings. The Morgan fingerprint density at radius 3 is 2.54 bits per heavy atom. The van der Waals surface area contributed by atoms with Crippen molar-refractivity contribution in [1.82, 2.24) is 15.1 Å². The van der Waals surface area contributed by atoms with Crippen molar-refractivity contribution in [2.75, 3.05) is 5.75 Å². The van der Waals surface area contributed by atoms with Crippen LogP contribution in [0.5, 0.6) is 0 Å². The predicted octanol–water partition coefficient (Wildman–Crippen LogP) is 3.85. The minimum Gasteiger partial charge on any atom is -0.292 e. The summed E-state index contributed by atoms with van der Waals surface area (Å²) in [5, 5.41) is 6.66. The minimum absolute atomic E-state index is 0.0320. The van der Waals surface area contributed by atoms with Crippen LogP contribution in [-0.2, 0) is 4.79 Å². The van der Waals surface area contributed by atoms with E-state index < -0.39 is 11.8 Å². The third-order valence-corrected chi connectivity index (χ3v) is 5.58. The van der Waals surface area contributed by atoms with Gasteiger partial charge in [0, 0.05) is 5.56 Å². The number of benzene rings is 2. The molecule has 26 heavy (non-hydrogen) atoms. The molecule has 0 aliphatic carbocycles. The summed E-state index contributed by atoms with van der Waals surface area (Å²) in [5.74, 6) is -1.17. The van der Waals surface area contributed by atoms with Crippen LogP contribution < -0.4 is 5.32 Å². The van der Waals surface area contributed by atoms with Crippen molar-refractivity contribution in [3.8, 4) is 5.69 Å². The second kappa shape index (κ2) is 8.35. The van der Waals surface area contributed by atoms with Crippen LogP contribution in [0.4, 0.5) is 4.39 Å². The lowest BCUT2D eigenvalue weighted by Gasteiger charge is -2.03. The molecule has 0 radical (unpaired) electrons. The maximum Gasteiger partial charge on any atom is 0.257 e.